The van der Waals surface area contributed by atoms with Gasteiger partial charge in [0.15, 0.2) is 6.10 Å². The lowest BCUT2D eigenvalue weighted by atomic mass is 10.3. The molecule has 6 heteroatoms. The molecule has 1 aromatic carbocycles. The zero-order chi connectivity index (χ0) is 12.9. The van der Waals surface area contributed by atoms with Crippen molar-refractivity contribution in [2.45, 2.75) is 19.2 Å². The van der Waals surface area contributed by atoms with Crippen LogP contribution in [-0.4, -0.2) is 25.4 Å². The molecule has 0 aliphatic rings. The molecule has 0 fully saturated rings. The number of halogens is 4. The van der Waals surface area contributed by atoms with Crippen LogP contribution in [-0.2, 0) is 4.74 Å². The van der Waals surface area contributed by atoms with Gasteiger partial charge in [-0.3, -0.25) is 0 Å². The predicted octanol–water partition coefficient (Wildman–Crippen LogP) is 3.72. The third-order valence-corrected chi connectivity index (χ3v) is 2.36. The van der Waals surface area contributed by atoms with Crippen molar-refractivity contribution in [1.29, 1.82) is 0 Å². The van der Waals surface area contributed by atoms with E-state index >= 15 is 0 Å². The molecule has 0 spiro atoms. The Kier molecular flexibility index (Phi) is 5.08. The number of benzene rings is 1. The number of ether oxygens (including phenoxy) is 1. The van der Waals surface area contributed by atoms with Crippen molar-refractivity contribution in [2.75, 3.05) is 18.5 Å². The van der Waals surface area contributed by atoms with Gasteiger partial charge in [0.1, 0.15) is 0 Å². The van der Waals surface area contributed by atoms with Gasteiger partial charge in [-0.1, -0.05) is 11.6 Å². The predicted molar refractivity (Wildman–Crippen MR) is 61.4 cm³/mol. The first-order chi connectivity index (χ1) is 7.89. The molecule has 1 aromatic rings. The summed E-state index contributed by atoms with van der Waals surface area (Å²) in [5.74, 6) is 0. The van der Waals surface area contributed by atoms with E-state index in [1.165, 1.54) is 0 Å². The summed E-state index contributed by atoms with van der Waals surface area (Å²) in [6.45, 7) is 1.29. The highest BCUT2D eigenvalue weighted by Crippen LogP contribution is 2.22. The Balaban J connectivity index is 2.23. The van der Waals surface area contributed by atoms with Crippen LogP contribution >= 0.6 is 11.6 Å². The minimum atomic E-state index is -4.31. The van der Waals surface area contributed by atoms with Crippen molar-refractivity contribution in [3.63, 3.8) is 0 Å². The first kappa shape index (κ1) is 14.1. The van der Waals surface area contributed by atoms with Gasteiger partial charge >= 0.3 is 6.18 Å². The Morgan fingerprint density at radius 1 is 1.29 bits per heavy atom. The van der Waals surface area contributed by atoms with E-state index in [2.05, 4.69) is 10.1 Å². The molecule has 0 aromatic heterocycles. The van der Waals surface area contributed by atoms with Crippen molar-refractivity contribution < 1.29 is 17.9 Å². The van der Waals surface area contributed by atoms with Gasteiger partial charge in [0, 0.05) is 17.3 Å². The van der Waals surface area contributed by atoms with Gasteiger partial charge in [0.05, 0.1) is 6.61 Å². The lowest BCUT2D eigenvalue weighted by Crippen LogP contribution is -2.30. The molecule has 0 heterocycles. The van der Waals surface area contributed by atoms with Crippen LogP contribution in [0.25, 0.3) is 0 Å². The fourth-order valence-corrected chi connectivity index (χ4v) is 1.22. The van der Waals surface area contributed by atoms with Crippen molar-refractivity contribution in [3.05, 3.63) is 29.3 Å². The van der Waals surface area contributed by atoms with E-state index in [-0.39, 0.29) is 6.61 Å². The van der Waals surface area contributed by atoms with Crippen molar-refractivity contribution in [2.24, 2.45) is 0 Å². The van der Waals surface area contributed by atoms with Crippen LogP contribution in [0.3, 0.4) is 0 Å². The van der Waals surface area contributed by atoms with E-state index in [0.29, 0.717) is 11.6 Å². The molecule has 0 bridgehead atoms. The second kappa shape index (κ2) is 6.12. The Labute approximate surface area is 103 Å². The van der Waals surface area contributed by atoms with Crippen molar-refractivity contribution >= 4 is 17.3 Å². The molecule has 0 saturated heterocycles. The summed E-state index contributed by atoms with van der Waals surface area (Å²) in [6, 6.07) is 6.89. The number of alkyl halides is 3. The fraction of sp³-hybridized carbons (Fsp3) is 0.455. The van der Waals surface area contributed by atoms with Crippen LogP contribution in [0.4, 0.5) is 18.9 Å². The van der Waals surface area contributed by atoms with Crippen molar-refractivity contribution in [1.82, 2.24) is 0 Å². The molecule has 96 valence electrons. The van der Waals surface area contributed by atoms with Gasteiger partial charge in [0.25, 0.3) is 0 Å². The van der Waals surface area contributed by atoms with Gasteiger partial charge < -0.3 is 10.1 Å². The smallest absolute Gasteiger partial charge is 0.383 e. The standard InChI is InChI=1S/C11H13ClF3NO/c1-8(11(13,14)15)17-7-6-16-10-4-2-9(12)3-5-10/h2-5,8,16H,6-7H2,1H3. The van der Waals surface area contributed by atoms with Gasteiger partial charge in [-0.2, -0.15) is 13.2 Å². The van der Waals surface area contributed by atoms with Gasteiger partial charge in [-0.25, -0.2) is 0 Å². The number of anilines is 1. The van der Waals surface area contributed by atoms with Crippen LogP contribution in [0.2, 0.25) is 5.02 Å². The van der Waals surface area contributed by atoms with Crippen LogP contribution in [0, 0.1) is 0 Å². The summed E-state index contributed by atoms with van der Waals surface area (Å²) < 4.78 is 40.9. The molecule has 1 N–H and O–H groups in total. The molecule has 1 atom stereocenters. The molecule has 0 amide bonds. The Hall–Kier alpha value is -0.940. The topological polar surface area (TPSA) is 21.3 Å². The van der Waals surface area contributed by atoms with E-state index < -0.39 is 12.3 Å². The van der Waals surface area contributed by atoms with Crippen LogP contribution in [0.1, 0.15) is 6.92 Å². The second-order valence-corrected chi connectivity index (χ2v) is 3.92. The highest BCUT2D eigenvalue weighted by atomic mass is 35.5. The summed E-state index contributed by atoms with van der Waals surface area (Å²) in [7, 11) is 0. The highest BCUT2D eigenvalue weighted by Gasteiger charge is 2.36. The average Bonchev–Trinajstić information content (AvgIpc) is 2.25. The quantitative estimate of drug-likeness (QED) is 0.821. The molecular weight excluding hydrogens is 255 g/mol. The summed E-state index contributed by atoms with van der Waals surface area (Å²) in [5, 5.41) is 3.54. The lowest BCUT2D eigenvalue weighted by molar-refractivity contribution is -0.213. The van der Waals surface area contributed by atoms with E-state index in [1.807, 2.05) is 0 Å². The molecule has 0 radical (unpaired) electrons. The minimum Gasteiger partial charge on any atom is -0.383 e. The molecule has 2 nitrogen and oxygen atoms in total. The van der Waals surface area contributed by atoms with Crippen LogP contribution in [0.5, 0.6) is 0 Å². The molecule has 0 saturated carbocycles. The fourth-order valence-electron chi connectivity index (χ4n) is 1.09. The second-order valence-electron chi connectivity index (χ2n) is 3.49. The molecule has 0 aliphatic heterocycles. The van der Waals surface area contributed by atoms with E-state index in [4.69, 9.17) is 11.6 Å². The summed E-state index contributed by atoms with van der Waals surface area (Å²) >= 11 is 5.69. The monoisotopic (exact) mass is 267 g/mol. The number of nitrogens with one attached hydrogen (secondary N) is 1. The third-order valence-electron chi connectivity index (χ3n) is 2.10. The van der Waals surface area contributed by atoms with E-state index in [0.717, 1.165) is 12.6 Å². The normalized spacial score (nSPS) is 13.5. The summed E-state index contributed by atoms with van der Waals surface area (Å²) in [6.07, 6.45) is -6.05. The first-order valence-electron chi connectivity index (χ1n) is 5.07. The maximum atomic E-state index is 12.1. The largest absolute Gasteiger partial charge is 0.414 e. The molecule has 17 heavy (non-hydrogen) atoms. The van der Waals surface area contributed by atoms with E-state index in [9.17, 15) is 13.2 Å². The van der Waals surface area contributed by atoms with Gasteiger partial charge in [-0.05, 0) is 31.2 Å². The Bertz CT molecular complexity index is 340. The van der Waals surface area contributed by atoms with Crippen LogP contribution in [0.15, 0.2) is 24.3 Å². The maximum absolute atomic E-state index is 12.1. The number of rotatable bonds is 5. The summed E-state index contributed by atoms with van der Waals surface area (Å²) in [5.41, 5.74) is 0.790. The first-order valence-corrected chi connectivity index (χ1v) is 5.45. The Morgan fingerprint density at radius 2 is 1.88 bits per heavy atom. The number of hydrogen-bond donors (Lipinski definition) is 1. The maximum Gasteiger partial charge on any atom is 0.414 e. The SMILES string of the molecule is CC(OCCNc1ccc(Cl)cc1)C(F)(F)F. The minimum absolute atomic E-state index is 0.0106. The average molecular weight is 268 g/mol. The Morgan fingerprint density at radius 3 is 2.41 bits per heavy atom. The van der Waals surface area contributed by atoms with E-state index in [1.54, 1.807) is 24.3 Å². The third kappa shape index (κ3) is 5.28. The molecule has 1 unspecified atom stereocenters. The molecule has 0 aliphatic carbocycles. The van der Waals surface area contributed by atoms with Crippen molar-refractivity contribution in [3.8, 4) is 0 Å². The molecular formula is C11H13ClF3NO. The van der Waals surface area contributed by atoms with Crippen LogP contribution < -0.4 is 5.32 Å². The lowest BCUT2D eigenvalue weighted by Gasteiger charge is -2.16. The summed E-state index contributed by atoms with van der Waals surface area (Å²) in [4.78, 5) is 0. The molecule has 1 rings (SSSR count). The zero-order valence-electron chi connectivity index (χ0n) is 9.22. The van der Waals surface area contributed by atoms with Gasteiger partial charge in [0.2, 0.25) is 0 Å². The van der Waals surface area contributed by atoms with Gasteiger partial charge in [-0.15, -0.1) is 0 Å². The highest BCUT2D eigenvalue weighted by molar-refractivity contribution is 6.30. The number of hydrogen-bond acceptors (Lipinski definition) is 2. The zero-order valence-corrected chi connectivity index (χ0v) is 9.98.